The van der Waals surface area contributed by atoms with E-state index in [4.69, 9.17) is 5.73 Å². The van der Waals surface area contributed by atoms with E-state index in [2.05, 4.69) is 58.7 Å². The van der Waals surface area contributed by atoms with Gasteiger partial charge in [0.1, 0.15) is 0 Å². The molecule has 2 heterocycles. The van der Waals surface area contributed by atoms with E-state index in [1.54, 1.807) is 0 Å². The molecule has 0 aliphatic rings. The number of imidazole rings is 1. The van der Waals surface area contributed by atoms with Gasteiger partial charge in [0.25, 0.3) is 0 Å². The molecule has 0 fully saturated rings. The highest BCUT2D eigenvalue weighted by Crippen LogP contribution is 2.24. The third-order valence-electron chi connectivity index (χ3n) is 4.43. The van der Waals surface area contributed by atoms with Crippen LogP contribution in [0.5, 0.6) is 0 Å². The van der Waals surface area contributed by atoms with Crippen molar-refractivity contribution in [2.75, 3.05) is 11.5 Å². The lowest BCUT2D eigenvalue weighted by Crippen LogP contribution is -2.14. The number of aromatic nitrogens is 2. The lowest BCUT2D eigenvalue weighted by Gasteiger charge is -2.17. The van der Waals surface area contributed by atoms with Crippen LogP contribution >= 0.6 is 23.1 Å². The van der Waals surface area contributed by atoms with Gasteiger partial charge in [-0.15, -0.1) is 11.3 Å². The average molecular weight is 386 g/mol. The molecule has 1 aromatic carbocycles. The lowest BCUT2D eigenvalue weighted by molar-refractivity contribution is 0.625. The van der Waals surface area contributed by atoms with Crippen molar-refractivity contribution in [1.82, 2.24) is 9.55 Å². The fourth-order valence-electron chi connectivity index (χ4n) is 2.99. The molecule has 0 amide bonds. The summed E-state index contributed by atoms with van der Waals surface area (Å²) in [4.78, 5) is 7.09. The SMILES string of the molecule is Cc1ccc(CCC(Cn2ccnc2)SCCCc2ccc(N)cc2)s1. The van der Waals surface area contributed by atoms with Crippen LogP contribution in [0, 0.1) is 6.92 Å². The van der Waals surface area contributed by atoms with Crippen molar-refractivity contribution in [3.05, 3.63) is 70.4 Å². The van der Waals surface area contributed by atoms with E-state index >= 15 is 0 Å². The van der Waals surface area contributed by atoms with Crippen LogP contribution in [-0.2, 0) is 19.4 Å². The largest absolute Gasteiger partial charge is 0.399 e. The van der Waals surface area contributed by atoms with E-state index in [-0.39, 0.29) is 0 Å². The minimum absolute atomic E-state index is 0.623. The van der Waals surface area contributed by atoms with Crippen LogP contribution in [-0.4, -0.2) is 20.6 Å². The summed E-state index contributed by atoms with van der Waals surface area (Å²) in [5, 5.41) is 0.623. The molecule has 2 N–H and O–H groups in total. The highest BCUT2D eigenvalue weighted by Gasteiger charge is 2.11. The van der Waals surface area contributed by atoms with Crippen molar-refractivity contribution >= 4 is 28.8 Å². The number of nitrogens with two attached hydrogens (primary N) is 1. The Hall–Kier alpha value is -1.72. The first kappa shape index (κ1) is 19.1. The Labute approximate surface area is 164 Å². The fourth-order valence-corrected chi connectivity index (χ4v) is 5.10. The van der Waals surface area contributed by atoms with Gasteiger partial charge in [0.05, 0.1) is 6.33 Å². The number of nitrogen functional groups attached to an aromatic ring is 1. The van der Waals surface area contributed by atoms with Gasteiger partial charge in [0.2, 0.25) is 0 Å². The van der Waals surface area contributed by atoms with Crippen LogP contribution in [0.25, 0.3) is 0 Å². The molecule has 1 atom stereocenters. The smallest absolute Gasteiger partial charge is 0.0946 e. The number of rotatable bonds is 10. The highest BCUT2D eigenvalue weighted by molar-refractivity contribution is 7.99. The molecular weight excluding hydrogens is 358 g/mol. The van der Waals surface area contributed by atoms with Crippen LogP contribution < -0.4 is 5.73 Å². The van der Waals surface area contributed by atoms with Crippen molar-refractivity contribution in [2.45, 2.75) is 44.4 Å². The van der Waals surface area contributed by atoms with Gasteiger partial charge in [-0.05, 0) is 68.2 Å². The zero-order valence-electron chi connectivity index (χ0n) is 15.3. The Morgan fingerprint density at radius 2 is 2.00 bits per heavy atom. The zero-order valence-corrected chi connectivity index (χ0v) is 16.9. The van der Waals surface area contributed by atoms with Crippen molar-refractivity contribution in [3.8, 4) is 0 Å². The molecule has 138 valence electrons. The second kappa shape index (κ2) is 9.83. The van der Waals surface area contributed by atoms with E-state index in [1.807, 2.05) is 36.0 Å². The van der Waals surface area contributed by atoms with Gasteiger partial charge in [0, 0.05) is 39.6 Å². The normalized spacial score (nSPS) is 12.3. The number of hydrogen-bond donors (Lipinski definition) is 1. The number of anilines is 1. The van der Waals surface area contributed by atoms with Crippen LogP contribution in [0.4, 0.5) is 5.69 Å². The molecule has 0 spiro atoms. The number of thiophene rings is 1. The molecule has 26 heavy (non-hydrogen) atoms. The Balaban J connectivity index is 1.47. The number of thioether (sulfide) groups is 1. The van der Waals surface area contributed by atoms with Gasteiger partial charge in [-0.2, -0.15) is 11.8 Å². The van der Waals surface area contributed by atoms with E-state index < -0.39 is 0 Å². The Bertz CT molecular complexity index is 763. The summed E-state index contributed by atoms with van der Waals surface area (Å²) in [6.07, 6.45) is 10.6. The van der Waals surface area contributed by atoms with E-state index in [1.165, 1.54) is 40.3 Å². The van der Waals surface area contributed by atoms with Crippen LogP contribution in [0.15, 0.2) is 55.1 Å². The molecule has 0 saturated carbocycles. The highest BCUT2D eigenvalue weighted by atomic mass is 32.2. The molecular formula is C21H27N3S2. The number of aryl methyl sites for hydroxylation is 3. The van der Waals surface area contributed by atoms with Crippen LogP contribution in [0.2, 0.25) is 0 Å². The monoisotopic (exact) mass is 385 g/mol. The topological polar surface area (TPSA) is 43.8 Å². The summed E-state index contributed by atoms with van der Waals surface area (Å²) in [6.45, 7) is 3.22. The maximum atomic E-state index is 5.76. The maximum Gasteiger partial charge on any atom is 0.0946 e. The zero-order chi connectivity index (χ0) is 18.2. The molecule has 3 rings (SSSR count). The third-order valence-corrected chi connectivity index (χ3v) is 6.87. The molecule has 1 unspecified atom stereocenters. The molecule has 5 heteroatoms. The summed E-state index contributed by atoms with van der Waals surface area (Å²) < 4.78 is 2.21. The summed E-state index contributed by atoms with van der Waals surface area (Å²) in [5.41, 5.74) is 7.97. The molecule has 0 saturated heterocycles. The number of benzene rings is 1. The molecule has 3 aromatic rings. The summed E-state index contributed by atoms with van der Waals surface area (Å²) in [7, 11) is 0. The van der Waals surface area contributed by atoms with E-state index in [0.717, 1.165) is 18.7 Å². The van der Waals surface area contributed by atoms with Gasteiger partial charge in [0.15, 0.2) is 0 Å². The van der Waals surface area contributed by atoms with Gasteiger partial charge in [-0.25, -0.2) is 4.98 Å². The maximum absolute atomic E-state index is 5.76. The number of nitrogens with zero attached hydrogens (tertiary/aromatic N) is 2. The number of hydrogen-bond acceptors (Lipinski definition) is 4. The first-order valence-corrected chi connectivity index (χ1v) is 11.0. The quantitative estimate of drug-likeness (QED) is 0.385. The Morgan fingerprint density at radius 3 is 2.69 bits per heavy atom. The first-order valence-electron chi connectivity index (χ1n) is 9.16. The van der Waals surface area contributed by atoms with Gasteiger partial charge in [-0.1, -0.05) is 12.1 Å². The van der Waals surface area contributed by atoms with Gasteiger partial charge < -0.3 is 10.3 Å². The van der Waals surface area contributed by atoms with Crippen LogP contribution in [0.1, 0.15) is 28.2 Å². The molecule has 2 aromatic heterocycles. The fraction of sp³-hybridized carbons (Fsp3) is 0.381. The molecule has 0 aliphatic heterocycles. The van der Waals surface area contributed by atoms with Crippen molar-refractivity contribution in [1.29, 1.82) is 0 Å². The second-order valence-corrected chi connectivity index (χ2v) is 9.43. The van der Waals surface area contributed by atoms with Crippen LogP contribution in [0.3, 0.4) is 0 Å². The first-order chi connectivity index (χ1) is 12.7. The summed E-state index contributed by atoms with van der Waals surface area (Å²) in [5.74, 6) is 1.19. The predicted octanol–water partition coefficient (Wildman–Crippen LogP) is 5.20. The average Bonchev–Trinajstić information content (AvgIpc) is 3.29. The summed E-state index contributed by atoms with van der Waals surface area (Å²) >= 11 is 4.03. The Morgan fingerprint density at radius 1 is 1.15 bits per heavy atom. The third kappa shape index (κ3) is 6.22. The lowest BCUT2D eigenvalue weighted by atomic mass is 10.1. The van der Waals surface area contributed by atoms with Crippen molar-refractivity contribution in [2.24, 2.45) is 0 Å². The van der Waals surface area contributed by atoms with Crippen molar-refractivity contribution in [3.63, 3.8) is 0 Å². The van der Waals surface area contributed by atoms with Gasteiger partial charge >= 0.3 is 0 Å². The van der Waals surface area contributed by atoms with Crippen molar-refractivity contribution < 1.29 is 0 Å². The molecule has 0 radical (unpaired) electrons. The standard InChI is InChI=1S/C21H27N3S2/c1-17-4-9-20(26-17)10-11-21(15-24-13-12-23-16-24)25-14-2-3-18-5-7-19(22)8-6-18/h4-9,12-13,16,21H,2-3,10-11,14-15,22H2,1H3. The van der Waals surface area contributed by atoms with E-state index in [9.17, 15) is 0 Å². The predicted molar refractivity (Wildman–Crippen MR) is 115 cm³/mol. The Kier molecular flexibility index (Phi) is 7.21. The minimum Gasteiger partial charge on any atom is -0.399 e. The summed E-state index contributed by atoms with van der Waals surface area (Å²) in [6, 6.07) is 12.8. The molecule has 0 bridgehead atoms. The van der Waals surface area contributed by atoms with E-state index in [0.29, 0.717) is 5.25 Å². The molecule has 3 nitrogen and oxygen atoms in total. The van der Waals surface area contributed by atoms with Gasteiger partial charge in [-0.3, -0.25) is 0 Å². The second-order valence-electron chi connectivity index (χ2n) is 6.65. The molecule has 0 aliphatic carbocycles. The minimum atomic E-state index is 0.623.